The van der Waals surface area contributed by atoms with Gasteiger partial charge in [0.25, 0.3) is 0 Å². The van der Waals surface area contributed by atoms with Gasteiger partial charge in [-0.3, -0.25) is 0 Å². The Labute approximate surface area is 87.4 Å². The second-order valence-electron chi connectivity index (χ2n) is 6.31. The van der Waals surface area contributed by atoms with Gasteiger partial charge < -0.3 is 5.73 Å². The second-order valence-corrected chi connectivity index (χ2v) is 6.31. The van der Waals surface area contributed by atoms with E-state index in [0.29, 0.717) is 0 Å². The summed E-state index contributed by atoms with van der Waals surface area (Å²) in [6.45, 7) is 0.905. The highest BCUT2D eigenvalue weighted by molar-refractivity contribution is 5.01. The second kappa shape index (κ2) is 3.23. The maximum Gasteiger partial charge on any atom is -0.00771 e. The molecule has 0 aromatic carbocycles. The van der Waals surface area contributed by atoms with E-state index < -0.39 is 0 Å². The van der Waals surface area contributed by atoms with Crippen LogP contribution in [0.2, 0.25) is 0 Å². The summed E-state index contributed by atoms with van der Waals surface area (Å²) < 4.78 is 0. The van der Waals surface area contributed by atoms with Crippen molar-refractivity contribution in [2.45, 2.75) is 51.4 Å². The first-order chi connectivity index (χ1) is 6.80. The molecule has 4 fully saturated rings. The van der Waals surface area contributed by atoms with Gasteiger partial charge in [0, 0.05) is 0 Å². The minimum atomic E-state index is 0.772. The van der Waals surface area contributed by atoms with Crippen molar-refractivity contribution in [1.82, 2.24) is 0 Å². The van der Waals surface area contributed by atoms with Crippen molar-refractivity contribution >= 4 is 0 Å². The van der Waals surface area contributed by atoms with Gasteiger partial charge in [-0.15, -0.1) is 0 Å². The lowest BCUT2D eigenvalue weighted by Crippen LogP contribution is -2.46. The van der Waals surface area contributed by atoms with E-state index in [9.17, 15) is 0 Å². The molecule has 4 aliphatic carbocycles. The molecular formula is C13H23N. The summed E-state index contributed by atoms with van der Waals surface area (Å²) in [5.41, 5.74) is 6.43. The zero-order valence-corrected chi connectivity index (χ0v) is 9.17. The van der Waals surface area contributed by atoms with Crippen LogP contribution in [0.1, 0.15) is 51.4 Å². The van der Waals surface area contributed by atoms with E-state index in [1.54, 1.807) is 38.5 Å². The third kappa shape index (κ3) is 1.41. The number of hydrogen-bond acceptors (Lipinski definition) is 1. The average molecular weight is 193 g/mol. The van der Waals surface area contributed by atoms with Crippen LogP contribution in [-0.4, -0.2) is 6.54 Å². The summed E-state index contributed by atoms with van der Waals surface area (Å²) in [5, 5.41) is 0. The highest BCUT2D eigenvalue weighted by Gasteiger charge is 2.50. The summed E-state index contributed by atoms with van der Waals surface area (Å²) in [6.07, 6.45) is 12.1. The summed E-state index contributed by atoms with van der Waals surface area (Å²) in [6, 6.07) is 0. The summed E-state index contributed by atoms with van der Waals surface area (Å²) in [4.78, 5) is 0. The van der Waals surface area contributed by atoms with Crippen LogP contribution in [-0.2, 0) is 0 Å². The molecule has 0 amide bonds. The van der Waals surface area contributed by atoms with Crippen LogP contribution in [0.5, 0.6) is 0 Å². The molecular weight excluding hydrogens is 170 g/mol. The smallest absolute Gasteiger partial charge is 0.00771 e. The molecule has 14 heavy (non-hydrogen) atoms. The van der Waals surface area contributed by atoms with Crippen molar-refractivity contribution in [2.75, 3.05) is 6.54 Å². The van der Waals surface area contributed by atoms with E-state index in [-0.39, 0.29) is 0 Å². The van der Waals surface area contributed by atoms with Crippen LogP contribution in [0.3, 0.4) is 0 Å². The number of hydrogen-bond donors (Lipinski definition) is 1. The van der Waals surface area contributed by atoms with Crippen LogP contribution >= 0.6 is 0 Å². The molecule has 4 saturated carbocycles. The highest BCUT2D eigenvalue weighted by Crippen LogP contribution is 2.61. The molecule has 4 rings (SSSR count). The van der Waals surface area contributed by atoms with Gasteiger partial charge in [0.05, 0.1) is 0 Å². The summed E-state index contributed by atoms with van der Waals surface area (Å²) >= 11 is 0. The van der Waals surface area contributed by atoms with Crippen molar-refractivity contribution in [2.24, 2.45) is 28.9 Å². The van der Waals surface area contributed by atoms with Gasteiger partial charge >= 0.3 is 0 Å². The molecule has 0 spiro atoms. The summed E-state index contributed by atoms with van der Waals surface area (Å²) in [5.74, 6) is 3.33. The Bertz CT molecular complexity index is 186. The number of nitrogens with two attached hydrogens (primary N) is 1. The molecule has 0 saturated heterocycles. The first-order valence-electron chi connectivity index (χ1n) is 6.50. The fourth-order valence-electron chi connectivity index (χ4n) is 5.07. The van der Waals surface area contributed by atoms with Crippen LogP contribution in [0.4, 0.5) is 0 Å². The average Bonchev–Trinajstić information content (AvgIpc) is 2.12. The predicted octanol–water partition coefficient (Wildman–Crippen LogP) is 2.94. The SMILES string of the molecule is NCCCC12CC3CC(CC(C3)C1)C2. The van der Waals surface area contributed by atoms with Gasteiger partial charge in [-0.25, -0.2) is 0 Å². The highest BCUT2D eigenvalue weighted by atomic mass is 14.6. The van der Waals surface area contributed by atoms with Crippen LogP contribution in [0, 0.1) is 23.2 Å². The first-order valence-corrected chi connectivity index (χ1v) is 6.50. The van der Waals surface area contributed by atoms with E-state index in [4.69, 9.17) is 5.73 Å². The lowest BCUT2D eigenvalue weighted by atomic mass is 9.48. The maximum absolute atomic E-state index is 5.66. The monoisotopic (exact) mass is 193 g/mol. The first kappa shape index (κ1) is 9.21. The third-order valence-corrected chi connectivity index (χ3v) is 5.08. The summed E-state index contributed by atoms with van der Waals surface area (Å²) in [7, 11) is 0. The molecule has 0 aromatic rings. The van der Waals surface area contributed by atoms with Gasteiger partial charge in [-0.05, 0) is 81.1 Å². The van der Waals surface area contributed by atoms with Crippen LogP contribution in [0.25, 0.3) is 0 Å². The van der Waals surface area contributed by atoms with Crippen molar-refractivity contribution in [1.29, 1.82) is 0 Å². The zero-order valence-electron chi connectivity index (χ0n) is 9.17. The molecule has 1 heteroatoms. The van der Waals surface area contributed by atoms with Crippen molar-refractivity contribution in [3.63, 3.8) is 0 Å². The normalized spacial score (nSPS) is 49.9. The van der Waals surface area contributed by atoms with Gasteiger partial charge in [-0.2, -0.15) is 0 Å². The maximum atomic E-state index is 5.66. The van der Waals surface area contributed by atoms with Gasteiger partial charge in [0.1, 0.15) is 0 Å². The lowest BCUT2D eigenvalue weighted by molar-refractivity contribution is -0.0577. The van der Waals surface area contributed by atoms with Crippen molar-refractivity contribution in [3.05, 3.63) is 0 Å². The van der Waals surface area contributed by atoms with Crippen molar-refractivity contribution in [3.8, 4) is 0 Å². The Hall–Kier alpha value is -0.0400. The molecule has 4 bridgehead atoms. The Morgan fingerprint density at radius 1 is 0.929 bits per heavy atom. The minimum Gasteiger partial charge on any atom is -0.330 e. The molecule has 0 radical (unpaired) electrons. The van der Waals surface area contributed by atoms with Gasteiger partial charge in [0.15, 0.2) is 0 Å². The van der Waals surface area contributed by atoms with E-state index in [1.807, 2.05) is 0 Å². The van der Waals surface area contributed by atoms with Crippen molar-refractivity contribution < 1.29 is 0 Å². The third-order valence-electron chi connectivity index (χ3n) is 5.08. The molecule has 0 aromatic heterocycles. The Balaban J connectivity index is 1.74. The quantitative estimate of drug-likeness (QED) is 0.732. The molecule has 4 aliphatic rings. The molecule has 80 valence electrons. The van der Waals surface area contributed by atoms with E-state index in [2.05, 4.69) is 0 Å². The molecule has 0 aliphatic heterocycles. The molecule has 0 heterocycles. The number of rotatable bonds is 3. The Morgan fingerprint density at radius 3 is 1.86 bits per heavy atom. The molecule has 0 atom stereocenters. The van der Waals surface area contributed by atoms with Crippen LogP contribution in [0.15, 0.2) is 0 Å². The molecule has 2 N–H and O–H groups in total. The van der Waals surface area contributed by atoms with Gasteiger partial charge in [-0.1, -0.05) is 0 Å². The zero-order chi connectivity index (χ0) is 9.60. The fourth-order valence-corrected chi connectivity index (χ4v) is 5.07. The standard InChI is InChI=1S/C13H23N/c14-3-1-2-13-7-10-4-11(8-13)6-12(5-10)9-13/h10-12H,1-9,14H2. The predicted molar refractivity (Wildman–Crippen MR) is 58.9 cm³/mol. The topological polar surface area (TPSA) is 26.0 Å². The lowest BCUT2D eigenvalue weighted by Gasteiger charge is -2.57. The van der Waals surface area contributed by atoms with Gasteiger partial charge in [0.2, 0.25) is 0 Å². The minimum absolute atomic E-state index is 0.772. The molecule has 0 unspecified atom stereocenters. The van der Waals surface area contributed by atoms with E-state index >= 15 is 0 Å². The Kier molecular flexibility index (Phi) is 2.12. The van der Waals surface area contributed by atoms with E-state index in [1.165, 1.54) is 12.8 Å². The van der Waals surface area contributed by atoms with E-state index in [0.717, 1.165) is 29.7 Å². The van der Waals surface area contributed by atoms with Crippen LogP contribution < -0.4 is 5.73 Å². The fraction of sp³-hybridized carbons (Fsp3) is 1.00. The molecule has 1 nitrogen and oxygen atoms in total. The Morgan fingerprint density at radius 2 is 1.43 bits per heavy atom. The largest absolute Gasteiger partial charge is 0.330 e.